The first-order valence-corrected chi connectivity index (χ1v) is 21.9. The van der Waals surface area contributed by atoms with E-state index >= 15 is 0 Å². The lowest BCUT2D eigenvalue weighted by atomic mass is 9.70. The van der Waals surface area contributed by atoms with Crippen LogP contribution in [0.15, 0.2) is 212 Å². The summed E-state index contributed by atoms with van der Waals surface area (Å²) >= 11 is 0. The standard InChI is InChI=1S/C59H35BN4/c60-50-34-45-42-24-10-15-29-53(42)64(56(45)55-43-25-11-16-30-54(43)63(57(50)55)38-19-5-2-6-20-38)58-61-51(36-17-3-1-4-18-36)35-52(62-58)37-31-32-49-44(33-37)41-23-9-14-28-48(41)59(49)46-26-12-7-21-39(46)40-22-8-13-27-47(40)59/h1-35H. The fourth-order valence-corrected chi connectivity index (χ4v) is 11.4. The molecule has 3 aromatic heterocycles. The Kier molecular flexibility index (Phi) is 7.24. The molecular weight excluding hydrogens is 775 g/mol. The van der Waals surface area contributed by atoms with Gasteiger partial charge in [0.05, 0.1) is 33.4 Å². The molecule has 12 aromatic rings. The summed E-state index contributed by atoms with van der Waals surface area (Å²) in [7, 11) is 7.18. The van der Waals surface area contributed by atoms with Crippen molar-refractivity contribution >= 4 is 56.9 Å². The third-order valence-corrected chi connectivity index (χ3v) is 13.9. The van der Waals surface area contributed by atoms with Gasteiger partial charge < -0.3 is 4.57 Å². The highest BCUT2D eigenvalue weighted by Gasteiger charge is 2.51. The van der Waals surface area contributed by atoms with Crippen molar-refractivity contribution < 1.29 is 0 Å². The van der Waals surface area contributed by atoms with Crippen LogP contribution >= 0.6 is 0 Å². The Morgan fingerprint density at radius 1 is 0.375 bits per heavy atom. The van der Waals surface area contributed by atoms with E-state index in [-0.39, 0.29) is 0 Å². The molecule has 9 aromatic carbocycles. The van der Waals surface area contributed by atoms with Gasteiger partial charge in [-0.1, -0.05) is 181 Å². The molecule has 5 heteroatoms. The summed E-state index contributed by atoms with van der Waals surface area (Å²) in [5, 5.41) is 4.33. The predicted molar refractivity (Wildman–Crippen MR) is 263 cm³/mol. The van der Waals surface area contributed by atoms with Crippen molar-refractivity contribution in [3.05, 3.63) is 235 Å². The Labute approximate surface area is 370 Å². The van der Waals surface area contributed by atoms with Crippen molar-refractivity contribution in [2.45, 2.75) is 5.41 Å². The minimum absolute atomic E-state index is 0.418. The molecule has 1 spiro atoms. The number of aromatic nitrogens is 4. The SMILES string of the molecule is [B]c1cc2c3ccccc3n(-c3nc(-c4ccccc4)cc(-c4ccc5c(c4)-c4ccccc4C54c5ccccc5-c5ccccc54)n3)c2c2c3ccccc3n(-c3ccccc3)c12. The molecule has 0 bridgehead atoms. The maximum absolute atomic E-state index is 7.18. The van der Waals surface area contributed by atoms with Crippen LogP contribution in [-0.4, -0.2) is 26.9 Å². The first kappa shape index (κ1) is 35.3. The van der Waals surface area contributed by atoms with Gasteiger partial charge in [-0.25, -0.2) is 9.97 Å². The number of fused-ring (bicyclic) bond motifs is 17. The number of hydrogen-bond acceptors (Lipinski definition) is 2. The van der Waals surface area contributed by atoms with Crippen LogP contribution in [0.3, 0.4) is 0 Å². The Bertz CT molecular complexity index is 3870. The van der Waals surface area contributed by atoms with E-state index < -0.39 is 5.41 Å². The van der Waals surface area contributed by atoms with Crippen molar-refractivity contribution in [2.75, 3.05) is 0 Å². The maximum Gasteiger partial charge on any atom is 0.235 e. The maximum atomic E-state index is 7.18. The Morgan fingerprint density at radius 3 is 1.56 bits per heavy atom. The second-order valence-corrected chi connectivity index (χ2v) is 17.1. The molecule has 0 fully saturated rings. The van der Waals surface area contributed by atoms with Crippen LogP contribution in [0.1, 0.15) is 22.3 Å². The summed E-state index contributed by atoms with van der Waals surface area (Å²) in [5.74, 6) is 0.598. The molecule has 0 atom stereocenters. The average molecular weight is 811 g/mol. The molecule has 4 nitrogen and oxygen atoms in total. The minimum atomic E-state index is -0.418. The zero-order valence-electron chi connectivity index (χ0n) is 34.6. The largest absolute Gasteiger partial charge is 0.310 e. The van der Waals surface area contributed by atoms with Gasteiger partial charge in [0.2, 0.25) is 5.95 Å². The van der Waals surface area contributed by atoms with E-state index in [4.69, 9.17) is 17.8 Å². The van der Waals surface area contributed by atoms with Crippen molar-refractivity contribution in [3.63, 3.8) is 0 Å². The molecule has 2 radical (unpaired) electrons. The number of benzene rings is 9. The monoisotopic (exact) mass is 810 g/mol. The number of rotatable bonds is 4. The van der Waals surface area contributed by atoms with Crippen LogP contribution in [-0.2, 0) is 5.41 Å². The average Bonchev–Trinajstić information content (AvgIpc) is 4.07. The quantitative estimate of drug-likeness (QED) is 0.166. The molecular formula is C59H35BN4. The summed E-state index contributed by atoms with van der Waals surface area (Å²) in [6.07, 6.45) is 0. The zero-order valence-corrected chi connectivity index (χ0v) is 34.6. The zero-order chi connectivity index (χ0) is 42.1. The number of nitrogens with zero attached hydrogens (tertiary/aromatic N) is 4. The molecule has 0 aliphatic heterocycles. The molecule has 0 N–H and O–H groups in total. The lowest BCUT2D eigenvalue weighted by Crippen LogP contribution is -2.25. The van der Waals surface area contributed by atoms with E-state index in [1.165, 1.54) is 44.5 Å². The van der Waals surface area contributed by atoms with Gasteiger partial charge in [-0.3, -0.25) is 4.57 Å². The molecule has 3 heterocycles. The van der Waals surface area contributed by atoms with E-state index in [0.717, 1.165) is 71.8 Å². The van der Waals surface area contributed by atoms with Gasteiger partial charge in [-0.15, -0.1) is 0 Å². The Morgan fingerprint density at radius 2 is 0.891 bits per heavy atom. The number of para-hydroxylation sites is 3. The summed E-state index contributed by atoms with van der Waals surface area (Å²) in [6, 6.07) is 76.3. The molecule has 294 valence electrons. The van der Waals surface area contributed by atoms with Crippen molar-refractivity contribution in [1.29, 1.82) is 0 Å². The lowest BCUT2D eigenvalue weighted by Gasteiger charge is -2.30. The molecule has 14 rings (SSSR count). The molecule has 0 saturated carbocycles. The predicted octanol–water partition coefficient (Wildman–Crippen LogP) is 13.1. The van der Waals surface area contributed by atoms with Gasteiger partial charge in [-0.2, -0.15) is 0 Å². The van der Waals surface area contributed by atoms with Gasteiger partial charge in [0, 0.05) is 43.9 Å². The molecule has 0 saturated heterocycles. The van der Waals surface area contributed by atoms with Crippen molar-refractivity contribution in [2.24, 2.45) is 0 Å². The highest BCUT2D eigenvalue weighted by molar-refractivity contribution is 6.44. The highest BCUT2D eigenvalue weighted by Crippen LogP contribution is 2.63. The van der Waals surface area contributed by atoms with Crippen LogP contribution in [0.5, 0.6) is 0 Å². The van der Waals surface area contributed by atoms with Gasteiger partial charge in [0.25, 0.3) is 0 Å². The third kappa shape index (κ3) is 4.62. The van der Waals surface area contributed by atoms with Crippen molar-refractivity contribution in [1.82, 2.24) is 19.1 Å². The Hall–Kier alpha value is -8.28. The van der Waals surface area contributed by atoms with Crippen LogP contribution in [0.25, 0.3) is 100 Å². The summed E-state index contributed by atoms with van der Waals surface area (Å²) in [4.78, 5) is 11.1. The van der Waals surface area contributed by atoms with E-state index in [9.17, 15) is 0 Å². The van der Waals surface area contributed by atoms with E-state index in [1.807, 2.05) is 0 Å². The topological polar surface area (TPSA) is 35.6 Å². The summed E-state index contributed by atoms with van der Waals surface area (Å²) in [5.41, 5.74) is 19.5. The fourth-order valence-electron chi connectivity index (χ4n) is 11.4. The second kappa shape index (κ2) is 13.1. The minimum Gasteiger partial charge on any atom is -0.310 e. The van der Waals surface area contributed by atoms with Gasteiger partial charge >= 0.3 is 0 Å². The van der Waals surface area contributed by atoms with Gasteiger partial charge in [-0.05, 0) is 80.9 Å². The van der Waals surface area contributed by atoms with Crippen LogP contribution in [0.4, 0.5) is 0 Å². The molecule has 2 aliphatic carbocycles. The summed E-state index contributed by atoms with van der Waals surface area (Å²) < 4.78 is 4.57. The normalized spacial score (nSPS) is 13.2. The van der Waals surface area contributed by atoms with Crippen molar-refractivity contribution in [3.8, 4) is 56.4 Å². The van der Waals surface area contributed by atoms with E-state index in [1.54, 1.807) is 0 Å². The van der Waals surface area contributed by atoms with Gasteiger partial charge in [0.1, 0.15) is 7.85 Å². The summed E-state index contributed by atoms with van der Waals surface area (Å²) in [6.45, 7) is 0. The molecule has 0 unspecified atom stereocenters. The highest BCUT2D eigenvalue weighted by atomic mass is 15.2. The van der Waals surface area contributed by atoms with E-state index in [0.29, 0.717) is 11.4 Å². The van der Waals surface area contributed by atoms with Crippen LogP contribution < -0.4 is 5.46 Å². The van der Waals surface area contributed by atoms with E-state index in [2.05, 4.69) is 221 Å². The fraction of sp³-hybridized carbons (Fsp3) is 0.0169. The Balaban J connectivity index is 1.06. The first-order valence-electron chi connectivity index (χ1n) is 21.9. The van der Waals surface area contributed by atoms with Crippen LogP contribution in [0, 0.1) is 0 Å². The van der Waals surface area contributed by atoms with Gasteiger partial charge in [0.15, 0.2) is 0 Å². The molecule has 64 heavy (non-hydrogen) atoms. The molecule has 2 aliphatic rings. The number of hydrogen-bond donors (Lipinski definition) is 0. The third-order valence-electron chi connectivity index (χ3n) is 13.9. The van der Waals surface area contributed by atoms with Crippen LogP contribution in [0.2, 0.25) is 0 Å². The first-order chi connectivity index (χ1) is 31.7. The second-order valence-electron chi connectivity index (χ2n) is 17.1. The molecule has 0 amide bonds. The smallest absolute Gasteiger partial charge is 0.235 e. The lowest BCUT2D eigenvalue weighted by molar-refractivity contribution is 0.794.